The fourth-order valence-electron chi connectivity index (χ4n) is 6.82. The molecule has 0 spiro atoms. The van der Waals surface area contributed by atoms with Crippen LogP contribution in [0.3, 0.4) is 0 Å². The van der Waals surface area contributed by atoms with Crippen LogP contribution in [0.2, 0.25) is 0 Å². The largest absolute Gasteiger partial charge is 0.459 e. The third-order valence-corrected chi connectivity index (χ3v) is 9.80. The number of azide groups is 1. The topological polar surface area (TPSA) is 182 Å². The molecule has 4 fully saturated rings. The van der Waals surface area contributed by atoms with Crippen molar-refractivity contribution in [3.8, 4) is 0 Å². The molecule has 7 rings (SSSR count). The zero-order chi connectivity index (χ0) is 38.5. The van der Waals surface area contributed by atoms with E-state index in [4.69, 9.17) is 87.6 Å². The normalized spacial score (nSPS) is 33.2. The zero-order valence-electron chi connectivity index (χ0n) is 29.2. The van der Waals surface area contributed by atoms with Gasteiger partial charge < -0.3 is 47.4 Å². The van der Waals surface area contributed by atoms with Gasteiger partial charge >= 0.3 is 5.97 Å². The van der Waals surface area contributed by atoms with E-state index in [9.17, 15) is 10.3 Å². The molecule has 4 saturated heterocycles. The molecule has 1 N–H and O–H groups in total. The van der Waals surface area contributed by atoms with Gasteiger partial charge in [0, 0.05) is 23.0 Å². The molecule has 4 heterocycles. The van der Waals surface area contributed by atoms with E-state index < -0.39 is 89.6 Å². The Labute approximate surface area is 330 Å². The Hall–Kier alpha value is -3.54. The van der Waals surface area contributed by atoms with Crippen LogP contribution < -0.4 is 0 Å². The van der Waals surface area contributed by atoms with E-state index in [0.717, 1.165) is 16.7 Å². The van der Waals surface area contributed by atoms with E-state index >= 15 is 0 Å². The van der Waals surface area contributed by atoms with Gasteiger partial charge in [0.25, 0.3) is 3.79 Å². The summed E-state index contributed by atoms with van der Waals surface area (Å²) in [6, 6.07) is 26.4. The molecule has 0 aliphatic carbocycles. The highest BCUT2D eigenvalue weighted by Crippen LogP contribution is 2.42. The lowest BCUT2D eigenvalue weighted by molar-refractivity contribution is -0.393. The van der Waals surface area contributed by atoms with Crippen LogP contribution in [0.5, 0.6) is 0 Å². The maximum atomic E-state index is 12.6. The highest BCUT2D eigenvalue weighted by Gasteiger charge is 2.58. The van der Waals surface area contributed by atoms with E-state index in [0.29, 0.717) is 0 Å². The molecule has 3 aromatic rings. The summed E-state index contributed by atoms with van der Waals surface area (Å²) in [4.78, 5) is 15.6. The van der Waals surface area contributed by atoms with Crippen LogP contribution in [0.4, 0.5) is 0 Å². The number of nitrogens with zero attached hydrogens (tertiary/aromatic N) is 3. The van der Waals surface area contributed by atoms with Gasteiger partial charge in [-0.15, -0.1) is 0 Å². The first-order valence-corrected chi connectivity index (χ1v) is 18.5. The minimum absolute atomic E-state index is 0.00514. The van der Waals surface area contributed by atoms with Crippen molar-refractivity contribution in [3.05, 3.63) is 118 Å². The Kier molecular flexibility index (Phi) is 12.8. The quantitative estimate of drug-likeness (QED) is 0.0442. The summed E-state index contributed by atoms with van der Waals surface area (Å²) in [6.45, 7) is 1.26. The summed E-state index contributed by atoms with van der Waals surface area (Å²) in [5.74, 6) is -1.39. The average molecular weight is 820 g/mol. The number of halogens is 3. The number of rotatable bonds is 10. The smallest absolute Gasteiger partial charge is 0.303 e. The fraction of sp³-hybridized carbons (Fsp3) is 0.459. The summed E-state index contributed by atoms with van der Waals surface area (Å²) in [7, 11) is 0. The summed E-state index contributed by atoms with van der Waals surface area (Å²) in [6.07, 6.45) is -11.6. The molecule has 15 nitrogen and oxygen atoms in total. The number of alkyl halides is 3. The Morgan fingerprint density at radius 1 is 0.782 bits per heavy atom. The molecule has 55 heavy (non-hydrogen) atoms. The maximum absolute atomic E-state index is 12.6. The van der Waals surface area contributed by atoms with Crippen molar-refractivity contribution in [3.63, 3.8) is 0 Å². The van der Waals surface area contributed by atoms with Gasteiger partial charge in [-0.3, -0.25) is 10.2 Å². The number of hydrogen-bond donors (Lipinski definition) is 1. The molecule has 0 amide bonds. The third kappa shape index (κ3) is 9.37. The predicted octanol–water partition coefficient (Wildman–Crippen LogP) is 6.61. The van der Waals surface area contributed by atoms with Crippen molar-refractivity contribution < 1.29 is 52.2 Å². The molecule has 4 aliphatic rings. The average Bonchev–Trinajstić information content (AvgIpc) is 3.19. The maximum Gasteiger partial charge on any atom is 0.303 e. The van der Waals surface area contributed by atoms with Crippen LogP contribution in [-0.2, 0) is 58.8 Å². The van der Waals surface area contributed by atoms with E-state index in [1.807, 2.05) is 91.0 Å². The lowest BCUT2D eigenvalue weighted by Gasteiger charge is -2.52. The van der Waals surface area contributed by atoms with Gasteiger partial charge in [-0.1, -0.05) is 131 Å². The predicted molar refractivity (Wildman–Crippen MR) is 195 cm³/mol. The first kappa shape index (κ1) is 39.7. The molecule has 0 aromatic heterocycles. The van der Waals surface area contributed by atoms with Crippen LogP contribution in [-0.4, -0.2) is 90.2 Å². The number of ether oxygens (including phenoxy) is 10. The Balaban J connectivity index is 1.25. The number of benzene rings is 3. The van der Waals surface area contributed by atoms with Crippen LogP contribution in [0.15, 0.2) is 96.1 Å². The van der Waals surface area contributed by atoms with Gasteiger partial charge in [-0.25, -0.2) is 0 Å². The second kappa shape index (κ2) is 17.7. The molecule has 0 bridgehead atoms. The molecule has 292 valence electrons. The number of carbonyl (C=O) groups excluding carboxylic acids is 1. The van der Waals surface area contributed by atoms with Gasteiger partial charge in [-0.2, -0.15) is 0 Å². The standard InChI is InChI=1S/C37H37Cl3N4O11/c1-20(45)49-29-26(43-44-42)34(50-24-18-47-32(52-27(24)29)22-13-7-3-8-14-22)54-30-28-25(19-48-33(53-28)23-15-9-4-10-16-23)51-35(55-36(41)37(38,39)40)31(30)46-17-21-11-5-2-6-12-21/h2-16,24-35,41H,17-19H2,1H3/t24-,25-,26-,27+,28+,29-,30+,31-,32+,33+,34+,35-/m1/s1. The van der Waals surface area contributed by atoms with Crippen molar-refractivity contribution in [1.82, 2.24) is 0 Å². The minimum Gasteiger partial charge on any atom is -0.459 e. The second-order valence-corrected chi connectivity index (χ2v) is 15.3. The van der Waals surface area contributed by atoms with Crippen LogP contribution in [0.25, 0.3) is 10.4 Å². The molecule has 0 radical (unpaired) electrons. The van der Waals surface area contributed by atoms with Crippen molar-refractivity contribution >= 4 is 46.7 Å². The lowest BCUT2D eigenvalue weighted by atomic mass is 9.94. The van der Waals surface area contributed by atoms with E-state index in [-0.39, 0.29) is 19.8 Å². The number of hydrogen-bond acceptors (Lipinski definition) is 13. The van der Waals surface area contributed by atoms with E-state index in [2.05, 4.69) is 10.0 Å². The third-order valence-electron chi connectivity index (χ3n) is 9.29. The Morgan fingerprint density at radius 3 is 1.84 bits per heavy atom. The van der Waals surface area contributed by atoms with Gasteiger partial charge in [0.05, 0.1) is 19.8 Å². The summed E-state index contributed by atoms with van der Waals surface area (Å²) >= 11 is 18.1. The highest BCUT2D eigenvalue weighted by atomic mass is 35.6. The number of carbonyl (C=O) groups is 1. The molecular weight excluding hydrogens is 783 g/mol. The fourth-order valence-corrected chi connectivity index (χ4v) is 6.95. The lowest BCUT2D eigenvalue weighted by Crippen LogP contribution is -2.67. The number of nitrogens with one attached hydrogen (secondary N) is 1. The summed E-state index contributed by atoms with van der Waals surface area (Å²) in [5, 5.41) is 12.4. The molecule has 0 saturated carbocycles. The van der Waals surface area contributed by atoms with E-state index in [1.165, 1.54) is 6.92 Å². The molecular formula is C37H37Cl3N4O11. The molecule has 12 atom stereocenters. The molecule has 4 aliphatic heterocycles. The first-order chi connectivity index (χ1) is 26.6. The Bertz CT molecular complexity index is 1810. The highest BCUT2D eigenvalue weighted by molar-refractivity contribution is 6.76. The Morgan fingerprint density at radius 2 is 1.31 bits per heavy atom. The van der Waals surface area contributed by atoms with Gasteiger partial charge in [0.1, 0.15) is 48.8 Å². The second-order valence-electron chi connectivity index (χ2n) is 13.0. The van der Waals surface area contributed by atoms with Gasteiger partial charge in [0.2, 0.25) is 12.2 Å². The first-order valence-electron chi connectivity index (χ1n) is 17.4. The number of fused-ring (bicyclic) bond motifs is 2. The zero-order valence-corrected chi connectivity index (χ0v) is 31.4. The monoisotopic (exact) mass is 818 g/mol. The van der Waals surface area contributed by atoms with Gasteiger partial charge in [0.15, 0.2) is 18.9 Å². The van der Waals surface area contributed by atoms with Crippen molar-refractivity contribution in [1.29, 1.82) is 5.41 Å². The molecule has 0 unspecified atom stereocenters. The van der Waals surface area contributed by atoms with Crippen LogP contribution >= 0.6 is 34.8 Å². The summed E-state index contributed by atoms with van der Waals surface area (Å²) < 4.78 is 60.5. The van der Waals surface area contributed by atoms with Crippen LogP contribution in [0, 0.1) is 5.41 Å². The van der Waals surface area contributed by atoms with E-state index in [1.54, 1.807) is 0 Å². The minimum atomic E-state index is -2.25. The SMILES string of the molecule is CC(=O)O[C@@H]1[C@@H](N=[N+]=[N-])[C@H](O[C@H]2[C@H]3O[C@@H](c4ccccc4)OC[C@H]3O[C@H](OC(=N)C(Cl)(Cl)Cl)[C@@H]2OCc2ccccc2)O[C@@H]2CO[C@H](c3ccccc3)O[C@H]12. The van der Waals surface area contributed by atoms with Crippen molar-refractivity contribution in [2.24, 2.45) is 5.11 Å². The van der Waals surface area contributed by atoms with Crippen molar-refractivity contribution in [2.75, 3.05) is 13.2 Å². The van der Waals surface area contributed by atoms with Crippen LogP contribution in [0.1, 0.15) is 36.2 Å². The van der Waals surface area contributed by atoms with Crippen molar-refractivity contribution in [2.45, 2.75) is 91.3 Å². The van der Waals surface area contributed by atoms with Gasteiger partial charge in [-0.05, 0) is 11.1 Å². The summed E-state index contributed by atoms with van der Waals surface area (Å²) in [5.41, 5.74) is 12.1. The molecule has 3 aromatic carbocycles. The molecule has 18 heteroatoms. The number of esters is 1.